The smallest absolute Gasteiger partial charge is 0.259 e. The molecule has 0 atom stereocenters. The van der Waals surface area contributed by atoms with E-state index >= 15 is 0 Å². The van der Waals surface area contributed by atoms with Gasteiger partial charge in [0.2, 0.25) is 0 Å². The SMILES string of the molecule is Cc1cc(C#N)ccc1Cn1ccc2sccc2c1=O. The van der Waals surface area contributed by atoms with Crippen molar-refractivity contribution < 1.29 is 0 Å². The standard InChI is InChI=1S/C16H12N2OS/c1-11-8-12(9-17)2-3-13(11)10-18-6-4-15-14(16(18)19)5-7-20-15/h2-8H,10H2,1H3. The summed E-state index contributed by atoms with van der Waals surface area (Å²) in [6, 6.07) is 11.5. The van der Waals surface area contributed by atoms with Gasteiger partial charge in [-0.2, -0.15) is 5.26 Å². The number of fused-ring (bicyclic) bond motifs is 1. The third-order valence-electron chi connectivity index (χ3n) is 3.40. The van der Waals surface area contributed by atoms with Crippen molar-refractivity contribution in [3.05, 3.63) is 69.0 Å². The number of hydrogen-bond donors (Lipinski definition) is 0. The van der Waals surface area contributed by atoms with Crippen molar-refractivity contribution in [3.63, 3.8) is 0 Å². The first-order chi connectivity index (χ1) is 9.69. The number of benzene rings is 1. The topological polar surface area (TPSA) is 45.8 Å². The molecule has 2 heterocycles. The number of aryl methyl sites for hydroxylation is 1. The Kier molecular flexibility index (Phi) is 3.13. The third kappa shape index (κ3) is 2.13. The van der Waals surface area contributed by atoms with E-state index in [1.54, 1.807) is 22.0 Å². The predicted molar refractivity (Wildman–Crippen MR) is 81.1 cm³/mol. The van der Waals surface area contributed by atoms with E-state index in [9.17, 15) is 4.79 Å². The lowest BCUT2D eigenvalue weighted by atomic mass is 10.1. The zero-order valence-electron chi connectivity index (χ0n) is 11.0. The normalized spacial score (nSPS) is 10.6. The van der Waals surface area contributed by atoms with Gasteiger partial charge in [0.1, 0.15) is 0 Å². The number of nitriles is 1. The quantitative estimate of drug-likeness (QED) is 0.723. The van der Waals surface area contributed by atoms with Crippen LogP contribution in [0.3, 0.4) is 0 Å². The lowest BCUT2D eigenvalue weighted by molar-refractivity contribution is 0.764. The van der Waals surface area contributed by atoms with Crippen LogP contribution in [0.1, 0.15) is 16.7 Å². The lowest BCUT2D eigenvalue weighted by Gasteiger charge is -2.09. The Morgan fingerprint density at radius 2 is 2.15 bits per heavy atom. The molecular weight excluding hydrogens is 268 g/mol. The molecule has 0 amide bonds. The Balaban J connectivity index is 2.03. The van der Waals surface area contributed by atoms with E-state index in [0.29, 0.717) is 12.1 Å². The van der Waals surface area contributed by atoms with E-state index < -0.39 is 0 Å². The van der Waals surface area contributed by atoms with E-state index in [2.05, 4.69) is 6.07 Å². The second-order valence-electron chi connectivity index (χ2n) is 4.70. The van der Waals surface area contributed by atoms with Crippen molar-refractivity contribution in [2.24, 2.45) is 0 Å². The molecular formula is C16H12N2OS. The first kappa shape index (κ1) is 12.6. The second-order valence-corrected chi connectivity index (χ2v) is 5.65. The molecule has 2 aromatic heterocycles. The summed E-state index contributed by atoms with van der Waals surface area (Å²) >= 11 is 1.58. The monoisotopic (exact) mass is 280 g/mol. The van der Waals surface area contributed by atoms with Gasteiger partial charge in [0.15, 0.2) is 0 Å². The van der Waals surface area contributed by atoms with Gasteiger partial charge in [0.25, 0.3) is 5.56 Å². The van der Waals surface area contributed by atoms with E-state index in [1.165, 1.54) is 0 Å². The molecule has 0 spiro atoms. The number of hydrogen-bond acceptors (Lipinski definition) is 3. The molecule has 0 saturated heterocycles. The average Bonchev–Trinajstić information content (AvgIpc) is 2.93. The van der Waals surface area contributed by atoms with Crippen molar-refractivity contribution in [2.45, 2.75) is 13.5 Å². The predicted octanol–water partition coefficient (Wildman–Crippen LogP) is 3.29. The van der Waals surface area contributed by atoms with Crippen LogP contribution in [-0.4, -0.2) is 4.57 Å². The van der Waals surface area contributed by atoms with Crippen LogP contribution in [0.25, 0.3) is 10.1 Å². The average molecular weight is 280 g/mol. The summed E-state index contributed by atoms with van der Waals surface area (Å²) in [7, 11) is 0. The highest BCUT2D eigenvalue weighted by molar-refractivity contribution is 7.17. The molecule has 20 heavy (non-hydrogen) atoms. The molecule has 0 aliphatic rings. The van der Waals surface area contributed by atoms with Gasteiger partial charge >= 0.3 is 0 Å². The molecule has 98 valence electrons. The second kappa shape index (κ2) is 4.95. The summed E-state index contributed by atoms with van der Waals surface area (Å²) in [5.41, 5.74) is 2.77. The molecule has 4 heteroatoms. The van der Waals surface area contributed by atoms with Gasteiger partial charge in [-0.15, -0.1) is 11.3 Å². The molecule has 0 N–H and O–H groups in total. The maximum Gasteiger partial charge on any atom is 0.259 e. The van der Waals surface area contributed by atoms with Crippen LogP contribution in [0, 0.1) is 18.3 Å². The van der Waals surface area contributed by atoms with E-state index in [4.69, 9.17) is 5.26 Å². The maximum absolute atomic E-state index is 12.3. The van der Waals surface area contributed by atoms with Gasteiger partial charge < -0.3 is 4.57 Å². The van der Waals surface area contributed by atoms with Crippen LogP contribution in [0.5, 0.6) is 0 Å². The third-order valence-corrected chi connectivity index (χ3v) is 4.29. The van der Waals surface area contributed by atoms with Gasteiger partial charge in [-0.1, -0.05) is 6.07 Å². The van der Waals surface area contributed by atoms with Crippen molar-refractivity contribution >= 4 is 21.4 Å². The van der Waals surface area contributed by atoms with Crippen molar-refractivity contribution in [1.29, 1.82) is 5.26 Å². The largest absolute Gasteiger partial charge is 0.310 e. The minimum Gasteiger partial charge on any atom is -0.310 e. The van der Waals surface area contributed by atoms with Crippen LogP contribution in [-0.2, 0) is 6.54 Å². The fraction of sp³-hybridized carbons (Fsp3) is 0.125. The van der Waals surface area contributed by atoms with Crippen LogP contribution in [0.2, 0.25) is 0 Å². The summed E-state index contributed by atoms with van der Waals surface area (Å²) in [5, 5.41) is 11.6. The first-order valence-corrected chi connectivity index (χ1v) is 7.13. The van der Waals surface area contributed by atoms with Gasteiger partial charge in [0.05, 0.1) is 23.6 Å². The summed E-state index contributed by atoms with van der Waals surface area (Å²) in [5.74, 6) is 0. The Morgan fingerprint density at radius 3 is 2.90 bits per heavy atom. The highest BCUT2D eigenvalue weighted by atomic mass is 32.1. The van der Waals surface area contributed by atoms with E-state index in [1.807, 2.05) is 42.8 Å². The minimum absolute atomic E-state index is 0.0347. The molecule has 0 unspecified atom stereocenters. The Labute approximate surface area is 120 Å². The fourth-order valence-electron chi connectivity index (χ4n) is 2.26. The number of nitrogens with zero attached hydrogens (tertiary/aromatic N) is 2. The molecule has 3 aromatic rings. The van der Waals surface area contributed by atoms with Crippen LogP contribution >= 0.6 is 11.3 Å². The van der Waals surface area contributed by atoms with Gasteiger partial charge in [-0.05, 0) is 47.7 Å². The molecule has 3 rings (SSSR count). The highest BCUT2D eigenvalue weighted by Crippen LogP contribution is 2.17. The number of rotatable bonds is 2. The number of thiophene rings is 1. The fourth-order valence-corrected chi connectivity index (χ4v) is 3.03. The molecule has 0 bridgehead atoms. The lowest BCUT2D eigenvalue weighted by Crippen LogP contribution is -2.19. The van der Waals surface area contributed by atoms with E-state index in [-0.39, 0.29) is 5.56 Å². The zero-order chi connectivity index (χ0) is 14.1. The van der Waals surface area contributed by atoms with Gasteiger partial charge in [-0.3, -0.25) is 4.79 Å². The molecule has 0 radical (unpaired) electrons. The minimum atomic E-state index is 0.0347. The van der Waals surface area contributed by atoms with Crippen LogP contribution in [0.4, 0.5) is 0 Å². The highest BCUT2D eigenvalue weighted by Gasteiger charge is 2.06. The van der Waals surface area contributed by atoms with E-state index in [0.717, 1.165) is 21.2 Å². The Morgan fingerprint density at radius 1 is 1.30 bits per heavy atom. The first-order valence-electron chi connectivity index (χ1n) is 6.25. The molecule has 3 nitrogen and oxygen atoms in total. The van der Waals surface area contributed by atoms with Gasteiger partial charge in [0, 0.05) is 10.9 Å². The number of pyridine rings is 1. The summed E-state index contributed by atoms with van der Waals surface area (Å²) in [4.78, 5) is 12.3. The summed E-state index contributed by atoms with van der Waals surface area (Å²) in [6.07, 6.45) is 1.83. The zero-order valence-corrected chi connectivity index (χ0v) is 11.8. The maximum atomic E-state index is 12.3. The molecule has 0 saturated carbocycles. The van der Waals surface area contributed by atoms with Gasteiger partial charge in [-0.25, -0.2) is 0 Å². The molecule has 0 aliphatic heterocycles. The van der Waals surface area contributed by atoms with Crippen molar-refractivity contribution in [2.75, 3.05) is 0 Å². The Hall–Kier alpha value is -2.38. The van der Waals surface area contributed by atoms with Crippen molar-refractivity contribution in [1.82, 2.24) is 4.57 Å². The molecule has 0 fully saturated rings. The summed E-state index contributed by atoms with van der Waals surface area (Å²) < 4.78 is 2.73. The van der Waals surface area contributed by atoms with Crippen molar-refractivity contribution in [3.8, 4) is 6.07 Å². The van der Waals surface area contributed by atoms with Crippen LogP contribution in [0.15, 0.2) is 46.7 Å². The number of aromatic nitrogens is 1. The molecule has 0 aliphatic carbocycles. The molecule has 1 aromatic carbocycles. The van der Waals surface area contributed by atoms with Crippen LogP contribution < -0.4 is 5.56 Å². The summed E-state index contributed by atoms with van der Waals surface area (Å²) in [6.45, 7) is 2.49. The Bertz CT molecular complexity index is 883.